The molecular weight excluding hydrogens is 228 g/mol. The molecule has 16 heavy (non-hydrogen) atoms. The maximum atomic E-state index is 11.7. The Kier molecular flexibility index (Phi) is 5.25. The monoisotopic (exact) mass is 248 g/mol. The molecule has 0 N–H and O–H groups in total. The van der Waals surface area contributed by atoms with Crippen LogP contribution in [0.4, 0.5) is 0 Å². The van der Waals surface area contributed by atoms with Gasteiger partial charge in [0.2, 0.25) is 0 Å². The van der Waals surface area contributed by atoms with Gasteiger partial charge in [0.25, 0.3) is 0 Å². The minimum Gasteiger partial charge on any atom is -0.466 e. The van der Waals surface area contributed by atoms with Crippen molar-refractivity contribution in [3.63, 3.8) is 0 Å². The Morgan fingerprint density at radius 1 is 1.31 bits per heavy atom. The van der Waals surface area contributed by atoms with Crippen LogP contribution in [0.3, 0.4) is 0 Å². The largest absolute Gasteiger partial charge is 0.466 e. The highest BCUT2D eigenvalue weighted by atomic mass is 32.2. The van der Waals surface area contributed by atoms with Crippen molar-refractivity contribution < 1.29 is 17.9 Å². The lowest BCUT2D eigenvalue weighted by Gasteiger charge is -2.09. The predicted octanol–water partition coefficient (Wildman–Crippen LogP) is 1.54. The van der Waals surface area contributed by atoms with Gasteiger partial charge in [0, 0.05) is 0 Å². The maximum absolute atomic E-state index is 11.7. The van der Waals surface area contributed by atoms with Gasteiger partial charge in [-0.15, -0.1) is 0 Å². The molecule has 0 aromatic rings. The van der Waals surface area contributed by atoms with E-state index in [2.05, 4.69) is 0 Å². The second-order valence-electron chi connectivity index (χ2n) is 4.32. The molecule has 94 valence electrons. The summed E-state index contributed by atoms with van der Waals surface area (Å²) >= 11 is 0. The van der Waals surface area contributed by atoms with Crippen molar-refractivity contribution in [2.75, 3.05) is 18.1 Å². The molecule has 0 bridgehead atoms. The molecule has 0 spiro atoms. The summed E-state index contributed by atoms with van der Waals surface area (Å²) in [6.45, 7) is 2.02. The number of carbonyl (C=O) groups excluding carboxylic acids is 1. The first-order valence-corrected chi connectivity index (χ1v) is 7.71. The molecule has 0 aromatic heterocycles. The fourth-order valence-corrected chi connectivity index (χ4v) is 3.79. The van der Waals surface area contributed by atoms with E-state index in [4.69, 9.17) is 4.74 Å². The summed E-state index contributed by atoms with van der Waals surface area (Å²) in [5.41, 5.74) is 0. The second kappa shape index (κ2) is 6.23. The van der Waals surface area contributed by atoms with Crippen molar-refractivity contribution in [1.82, 2.24) is 0 Å². The Morgan fingerprint density at radius 3 is 2.50 bits per heavy atom. The molecule has 0 atom stereocenters. The fourth-order valence-electron chi connectivity index (χ4n) is 2.09. The van der Waals surface area contributed by atoms with Crippen LogP contribution >= 0.6 is 0 Å². The van der Waals surface area contributed by atoms with Gasteiger partial charge in [-0.3, -0.25) is 4.79 Å². The van der Waals surface area contributed by atoms with Gasteiger partial charge in [0.1, 0.15) is 0 Å². The summed E-state index contributed by atoms with van der Waals surface area (Å²) in [5, 5.41) is 0. The summed E-state index contributed by atoms with van der Waals surface area (Å²) in [6, 6.07) is 0. The van der Waals surface area contributed by atoms with Gasteiger partial charge < -0.3 is 4.74 Å². The molecule has 1 saturated carbocycles. The summed E-state index contributed by atoms with van der Waals surface area (Å²) in [4.78, 5) is 11.0. The molecule has 0 aromatic carbocycles. The van der Waals surface area contributed by atoms with Crippen molar-refractivity contribution >= 4 is 15.8 Å². The molecule has 0 saturated heterocycles. The van der Waals surface area contributed by atoms with Crippen molar-refractivity contribution in [1.29, 1.82) is 0 Å². The number of hydrogen-bond acceptors (Lipinski definition) is 4. The highest BCUT2D eigenvalue weighted by Crippen LogP contribution is 2.26. The third-order valence-electron chi connectivity index (χ3n) is 2.89. The molecular formula is C11H20O4S. The molecule has 0 radical (unpaired) electrons. The molecule has 1 aliphatic carbocycles. The van der Waals surface area contributed by atoms with Crippen LogP contribution in [-0.4, -0.2) is 32.5 Å². The first-order chi connectivity index (χ1) is 7.53. The average Bonchev–Trinajstić information content (AvgIpc) is 2.67. The van der Waals surface area contributed by atoms with Gasteiger partial charge in [0.05, 0.1) is 24.5 Å². The van der Waals surface area contributed by atoms with Crippen LogP contribution in [0.25, 0.3) is 0 Å². The minimum absolute atomic E-state index is 0.0110. The molecule has 4 nitrogen and oxygen atoms in total. The van der Waals surface area contributed by atoms with Gasteiger partial charge in [-0.1, -0.05) is 12.8 Å². The van der Waals surface area contributed by atoms with E-state index in [0.717, 1.165) is 25.7 Å². The molecule has 5 heteroatoms. The lowest BCUT2D eigenvalue weighted by atomic mass is 10.1. The smallest absolute Gasteiger partial charge is 0.306 e. The number of sulfone groups is 1. The number of esters is 1. The summed E-state index contributed by atoms with van der Waals surface area (Å²) in [7, 11) is -3.08. The topological polar surface area (TPSA) is 60.4 Å². The second-order valence-corrected chi connectivity index (χ2v) is 6.55. The van der Waals surface area contributed by atoms with Gasteiger partial charge >= 0.3 is 5.97 Å². The normalized spacial score (nSPS) is 17.6. The van der Waals surface area contributed by atoms with E-state index < -0.39 is 15.8 Å². The molecule has 0 heterocycles. The van der Waals surface area contributed by atoms with Crippen LogP contribution in [-0.2, 0) is 19.4 Å². The van der Waals surface area contributed by atoms with E-state index in [-0.39, 0.29) is 17.9 Å². The standard InChI is InChI=1S/C11H20O4S/c1-2-15-11(12)7-8-16(13,14)9-10-5-3-4-6-10/h10H,2-9H2,1H3. The fraction of sp³-hybridized carbons (Fsp3) is 0.909. The number of rotatable bonds is 6. The zero-order valence-electron chi connectivity index (χ0n) is 9.78. The third-order valence-corrected chi connectivity index (χ3v) is 4.69. The SMILES string of the molecule is CCOC(=O)CCS(=O)(=O)CC1CCCC1. The summed E-state index contributed by atoms with van der Waals surface area (Å²) in [6.07, 6.45) is 4.29. The molecule has 0 aliphatic heterocycles. The number of ether oxygens (including phenoxy) is 1. The van der Waals surface area contributed by atoms with E-state index in [1.54, 1.807) is 6.92 Å². The van der Waals surface area contributed by atoms with Gasteiger partial charge in [-0.25, -0.2) is 8.42 Å². The van der Waals surface area contributed by atoms with Crippen molar-refractivity contribution in [3.05, 3.63) is 0 Å². The van der Waals surface area contributed by atoms with Gasteiger partial charge in [0.15, 0.2) is 9.84 Å². The van der Waals surface area contributed by atoms with Crippen LogP contribution in [0.1, 0.15) is 39.0 Å². The van der Waals surface area contributed by atoms with E-state index in [1.807, 2.05) is 0 Å². The Morgan fingerprint density at radius 2 is 1.94 bits per heavy atom. The molecule has 1 rings (SSSR count). The minimum atomic E-state index is -3.08. The van der Waals surface area contributed by atoms with Gasteiger partial charge in [-0.05, 0) is 25.7 Å². The highest BCUT2D eigenvalue weighted by molar-refractivity contribution is 7.91. The van der Waals surface area contributed by atoms with Crippen molar-refractivity contribution in [3.8, 4) is 0 Å². The molecule has 0 amide bonds. The van der Waals surface area contributed by atoms with E-state index in [0.29, 0.717) is 12.5 Å². The summed E-state index contributed by atoms with van der Waals surface area (Å²) in [5.74, 6) is 0.0686. The van der Waals surface area contributed by atoms with Crippen LogP contribution in [0.15, 0.2) is 0 Å². The third kappa shape index (κ3) is 4.96. The number of carbonyl (C=O) groups is 1. The Labute approximate surface area is 97.3 Å². The van der Waals surface area contributed by atoms with E-state index in [1.165, 1.54) is 0 Å². The van der Waals surface area contributed by atoms with Crippen molar-refractivity contribution in [2.45, 2.75) is 39.0 Å². The molecule has 0 unspecified atom stereocenters. The Balaban J connectivity index is 2.30. The Bertz CT molecular complexity index is 315. The summed E-state index contributed by atoms with van der Waals surface area (Å²) < 4.78 is 28.1. The van der Waals surface area contributed by atoms with Crippen LogP contribution in [0, 0.1) is 5.92 Å². The molecule has 1 aliphatic rings. The predicted molar refractivity (Wildman–Crippen MR) is 61.9 cm³/mol. The Hall–Kier alpha value is -0.580. The van der Waals surface area contributed by atoms with Crippen LogP contribution in [0.5, 0.6) is 0 Å². The van der Waals surface area contributed by atoms with Crippen LogP contribution in [0.2, 0.25) is 0 Å². The lowest BCUT2D eigenvalue weighted by Crippen LogP contribution is -2.19. The zero-order chi connectivity index (χ0) is 12.0. The highest BCUT2D eigenvalue weighted by Gasteiger charge is 2.23. The van der Waals surface area contributed by atoms with Crippen LogP contribution < -0.4 is 0 Å². The number of hydrogen-bond donors (Lipinski definition) is 0. The average molecular weight is 248 g/mol. The molecule has 1 fully saturated rings. The zero-order valence-corrected chi connectivity index (χ0v) is 10.6. The van der Waals surface area contributed by atoms with E-state index >= 15 is 0 Å². The van der Waals surface area contributed by atoms with Gasteiger partial charge in [-0.2, -0.15) is 0 Å². The first kappa shape index (κ1) is 13.5. The maximum Gasteiger partial charge on any atom is 0.306 e. The van der Waals surface area contributed by atoms with E-state index in [9.17, 15) is 13.2 Å². The quantitative estimate of drug-likeness (QED) is 0.669. The van der Waals surface area contributed by atoms with Crippen molar-refractivity contribution in [2.24, 2.45) is 5.92 Å². The first-order valence-electron chi connectivity index (χ1n) is 5.89. The lowest BCUT2D eigenvalue weighted by molar-refractivity contribution is -0.142.